The van der Waals surface area contributed by atoms with Crippen LogP contribution in [0, 0.1) is 0 Å². The van der Waals surface area contributed by atoms with Gasteiger partial charge in [-0.3, -0.25) is 0 Å². The minimum atomic E-state index is -4.89. The summed E-state index contributed by atoms with van der Waals surface area (Å²) in [4.78, 5) is 3.09. The average Bonchev–Trinajstić information content (AvgIpc) is 2.47. The second kappa shape index (κ2) is 4.51. The first-order valence-electron chi connectivity index (χ1n) is 4.21. The van der Waals surface area contributed by atoms with Crippen LogP contribution in [0.3, 0.4) is 0 Å². The van der Waals surface area contributed by atoms with E-state index in [-0.39, 0.29) is 0 Å². The number of alkyl halides is 6. The Morgan fingerprint density at radius 2 is 1.76 bits per heavy atom. The van der Waals surface area contributed by atoms with E-state index in [1.807, 2.05) is 0 Å². The molecule has 0 saturated heterocycles. The molecule has 1 aromatic rings. The molecule has 0 fully saturated rings. The van der Waals surface area contributed by atoms with Gasteiger partial charge in [0.05, 0.1) is 6.42 Å². The number of aliphatic hydroxyl groups excluding tert-OH is 1. The third-order valence-electron chi connectivity index (χ3n) is 1.61. The zero-order valence-electron chi connectivity index (χ0n) is 8.01. The highest BCUT2D eigenvalue weighted by atomic mass is 19.4. The average molecular weight is 264 g/mol. The van der Waals surface area contributed by atoms with Gasteiger partial charge in [-0.2, -0.15) is 31.3 Å². The van der Waals surface area contributed by atoms with E-state index in [2.05, 4.69) is 14.7 Å². The van der Waals surface area contributed by atoms with Crippen LogP contribution in [-0.4, -0.2) is 33.7 Å². The molecule has 10 heteroatoms. The van der Waals surface area contributed by atoms with Gasteiger partial charge >= 0.3 is 12.4 Å². The molecule has 1 atom stereocenters. The quantitative estimate of drug-likeness (QED) is 0.843. The molecule has 17 heavy (non-hydrogen) atoms. The van der Waals surface area contributed by atoms with E-state index in [4.69, 9.17) is 5.11 Å². The van der Waals surface area contributed by atoms with Crippen LogP contribution in [0.5, 0.6) is 0 Å². The van der Waals surface area contributed by atoms with Crippen LogP contribution < -0.4 is 0 Å². The van der Waals surface area contributed by atoms with Gasteiger partial charge in [-0.15, -0.1) is 0 Å². The third kappa shape index (κ3) is 4.59. The Hall–Kier alpha value is -1.32. The number of rotatable bonds is 3. The molecule has 0 aliphatic heterocycles. The molecule has 0 radical (unpaired) electrons. The third-order valence-corrected chi connectivity index (χ3v) is 1.61. The van der Waals surface area contributed by atoms with Crippen molar-refractivity contribution >= 4 is 0 Å². The lowest BCUT2D eigenvalue weighted by Gasteiger charge is -2.11. The monoisotopic (exact) mass is 264 g/mol. The van der Waals surface area contributed by atoms with E-state index in [0.29, 0.717) is 0 Å². The highest BCUT2D eigenvalue weighted by molar-refractivity contribution is 4.91. The topological polar surface area (TPSA) is 59.2 Å². The fourth-order valence-electron chi connectivity index (χ4n) is 0.905. The summed E-state index contributed by atoms with van der Waals surface area (Å²) < 4.78 is 75.4. The van der Waals surface area contributed by atoms with Crippen LogP contribution in [0.4, 0.5) is 26.3 Å². The molecule has 0 amide bonds. The molecule has 0 aromatic carbocycles. The fourth-order valence-corrected chi connectivity index (χ4v) is 0.905. The second-order valence-corrected chi connectivity index (χ2v) is 3.16. The van der Waals surface area contributed by atoms with E-state index < -0.39 is 43.0 Å². The van der Waals surface area contributed by atoms with Gasteiger partial charge in [-0.25, -0.2) is 0 Å². The van der Waals surface area contributed by atoms with Gasteiger partial charge < -0.3 is 9.63 Å². The van der Waals surface area contributed by atoms with Crippen molar-refractivity contribution in [3.63, 3.8) is 0 Å². The lowest BCUT2D eigenvalue weighted by molar-refractivity contribution is -0.204. The van der Waals surface area contributed by atoms with Crippen LogP contribution in [0.2, 0.25) is 0 Å². The fraction of sp³-hybridized carbons (Fsp3) is 0.714. The predicted octanol–water partition coefficient (Wildman–Crippen LogP) is 1.64. The Bertz CT molecular complexity index is 371. The first kappa shape index (κ1) is 13.7. The first-order valence-corrected chi connectivity index (χ1v) is 4.21. The molecule has 1 rings (SSSR count). The molecule has 0 saturated carbocycles. The number of halogens is 6. The molecule has 1 heterocycles. The van der Waals surface area contributed by atoms with Crippen molar-refractivity contribution in [2.24, 2.45) is 0 Å². The van der Waals surface area contributed by atoms with Crippen molar-refractivity contribution in [1.82, 2.24) is 10.1 Å². The summed E-state index contributed by atoms with van der Waals surface area (Å²) in [5, 5.41) is 11.5. The Morgan fingerprint density at radius 3 is 2.24 bits per heavy atom. The van der Waals surface area contributed by atoms with Crippen molar-refractivity contribution in [3.8, 4) is 0 Å². The summed E-state index contributed by atoms with van der Waals surface area (Å²) in [5.74, 6) is -1.48. The van der Waals surface area contributed by atoms with E-state index in [1.165, 1.54) is 0 Å². The highest BCUT2D eigenvalue weighted by Gasteiger charge is 2.39. The predicted molar refractivity (Wildman–Crippen MR) is 39.8 cm³/mol. The van der Waals surface area contributed by atoms with Gasteiger partial charge in [-0.1, -0.05) is 5.16 Å². The molecule has 0 aliphatic rings. The molecule has 1 unspecified atom stereocenters. The molecular weight excluding hydrogens is 258 g/mol. The molecule has 0 aliphatic carbocycles. The molecule has 4 nitrogen and oxygen atoms in total. The summed E-state index contributed by atoms with van der Waals surface area (Å²) >= 11 is 0. The highest BCUT2D eigenvalue weighted by Crippen LogP contribution is 2.23. The molecular formula is C7H6F6N2O2. The lowest BCUT2D eigenvalue weighted by atomic mass is 10.2. The zero-order valence-corrected chi connectivity index (χ0v) is 8.01. The van der Waals surface area contributed by atoms with Gasteiger partial charge in [-0.05, 0) is 0 Å². The van der Waals surface area contributed by atoms with E-state index >= 15 is 0 Å². The van der Waals surface area contributed by atoms with Crippen LogP contribution in [-0.2, 0) is 12.8 Å². The summed E-state index contributed by atoms with van der Waals surface area (Å²) in [6.07, 6.45) is -14.8. The Kier molecular flexibility index (Phi) is 3.65. The van der Waals surface area contributed by atoms with Gasteiger partial charge in [0, 0.05) is 0 Å². The maximum atomic E-state index is 11.9. The van der Waals surface area contributed by atoms with Gasteiger partial charge in [0.1, 0.15) is 6.42 Å². The molecule has 98 valence electrons. The van der Waals surface area contributed by atoms with Gasteiger partial charge in [0.25, 0.3) is 0 Å². The standard InChI is InChI=1S/C7H6F6N2O2/c8-6(9,10)2-4-14-5(17-15-4)1-3(16)7(11,12)13/h3,16H,1-2H2. The maximum Gasteiger partial charge on any atom is 0.414 e. The van der Waals surface area contributed by atoms with Crippen molar-refractivity contribution in [1.29, 1.82) is 0 Å². The Morgan fingerprint density at radius 1 is 1.18 bits per heavy atom. The maximum absolute atomic E-state index is 11.9. The minimum Gasteiger partial charge on any atom is -0.383 e. The van der Waals surface area contributed by atoms with Crippen LogP contribution in [0.1, 0.15) is 11.7 Å². The number of nitrogens with zero attached hydrogens (tertiary/aromatic N) is 2. The van der Waals surface area contributed by atoms with Crippen LogP contribution in [0.25, 0.3) is 0 Å². The van der Waals surface area contributed by atoms with E-state index in [0.717, 1.165) is 0 Å². The number of hydrogen-bond donors (Lipinski definition) is 1. The summed E-state index contributed by atoms with van der Waals surface area (Å²) in [6.45, 7) is 0. The molecule has 0 bridgehead atoms. The van der Waals surface area contributed by atoms with Crippen molar-refractivity contribution in [2.45, 2.75) is 31.3 Å². The molecule has 1 aromatic heterocycles. The number of hydrogen-bond acceptors (Lipinski definition) is 4. The van der Waals surface area contributed by atoms with Crippen molar-refractivity contribution in [2.75, 3.05) is 0 Å². The summed E-state index contributed by atoms with van der Waals surface area (Å²) in [6, 6.07) is 0. The lowest BCUT2D eigenvalue weighted by Crippen LogP contribution is -2.30. The van der Waals surface area contributed by atoms with Gasteiger partial charge in [0.2, 0.25) is 5.89 Å². The SMILES string of the molecule is OC(Cc1nc(CC(F)(F)F)no1)C(F)(F)F. The Balaban J connectivity index is 2.63. The minimum absolute atomic E-state index is 0.700. The smallest absolute Gasteiger partial charge is 0.383 e. The van der Waals surface area contributed by atoms with Gasteiger partial charge in [0.15, 0.2) is 11.9 Å². The van der Waals surface area contributed by atoms with Crippen LogP contribution in [0.15, 0.2) is 4.52 Å². The largest absolute Gasteiger partial charge is 0.414 e. The Labute approximate surface area is 90.2 Å². The first-order chi connectivity index (χ1) is 7.58. The second-order valence-electron chi connectivity index (χ2n) is 3.16. The summed E-state index contributed by atoms with van der Waals surface area (Å²) in [5.41, 5.74) is 0. The zero-order chi connectivity index (χ0) is 13.3. The molecule has 0 spiro atoms. The number of aromatic nitrogens is 2. The van der Waals surface area contributed by atoms with E-state index in [9.17, 15) is 26.3 Å². The summed E-state index contributed by atoms with van der Waals surface area (Å²) in [7, 11) is 0. The van der Waals surface area contributed by atoms with Crippen molar-refractivity contribution in [3.05, 3.63) is 11.7 Å². The van der Waals surface area contributed by atoms with E-state index in [1.54, 1.807) is 0 Å². The molecule has 1 N–H and O–H groups in total. The number of aliphatic hydroxyl groups is 1. The normalized spacial score (nSPS) is 15.0. The van der Waals surface area contributed by atoms with Crippen molar-refractivity contribution < 1.29 is 36.0 Å². The van der Waals surface area contributed by atoms with Crippen LogP contribution >= 0.6 is 0 Å².